The van der Waals surface area contributed by atoms with Gasteiger partial charge in [-0.2, -0.15) is 5.10 Å². The third kappa shape index (κ3) is 2.40. The fraction of sp³-hybridized carbons (Fsp3) is 0.125. The normalized spacial score (nSPS) is 12.8. The predicted octanol–water partition coefficient (Wildman–Crippen LogP) is 3.60. The first-order valence-electron chi connectivity index (χ1n) is 6.97. The topological polar surface area (TPSA) is 52.0 Å². The summed E-state index contributed by atoms with van der Waals surface area (Å²) in [5, 5.41) is 8.24. The zero-order chi connectivity index (χ0) is 14.9. The Morgan fingerprint density at radius 3 is 3.00 bits per heavy atom. The SMILES string of the molecule is Clc1ccc(-n2cncn2)c(Nc2ccc3c(c2)CCO3)c1. The molecule has 0 bridgehead atoms. The lowest BCUT2D eigenvalue weighted by molar-refractivity contribution is 0.357. The summed E-state index contributed by atoms with van der Waals surface area (Å²) in [4.78, 5) is 3.99. The van der Waals surface area contributed by atoms with Crippen LogP contribution >= 0.6 is 11.6 Å². The van der Waals surface area contributed by atoms with Crippen LogP contribution in [-0.2, 0) is 6.42 Å². The molecule has 0 radical (unpaired) electrons. The van der Waals surface area contributed by atoms with Gasteiger partial charge in [0.05, 0.1) is 18.0 Å². The second-order valence-corrected chi connectivity index (χ2v) is 5.48. The number of hydrogen-bond acceptors (Lipinski definition) is 4. The van der Waals surface area contributed by atoms with E-state index in [1.165, 1.54) is 11.9 Å². The molecule has 0 aliphatic carbocycles. The van der Waals surface area contributed by atoms with Gasteiger partial charge in [-0.15, -0.1) is 0 Å². The Labute approximate surface area is 132 Å². The first-order chi connectivity index (χ1) is 10.8. The molecule has 2 aromatic carbocycles. The maximum Gasteiger partial charge on any atom is 0.138 e. The van der Waals surface area contributed by atoms with Gasteiger partial charge in [-0.05, 0) is 42.0 Å². The van der Waals surface area contributed by atoms with E-state index in [4.69, 9.17) is 16.3 Å². The van der Waals surface area contributed by atoms with Gasteiger partial charge >= 0.3 is 0 Å². The Kier molecular flexibility index (Phi) is 3.20. The monoisotopic (exact) mass is 312 g/mol. The summed E-state index contributed by atoms with van der Waals surface area (Å²) in [6.07, 6.45) is 4.10. The van der Waals surface area contributed by atoms with Crippen molar-refractivity contribution in [1.82, 2.24) is 14.8 Å². The van der Waals surface area contributed by atoms with Crippen molar-refractivity contribution < 1.29 is 4.74 Å². The Balaban J connectivity index is 1.72. The Hall–Kier alpha value is -2.53. The van der Waals surface area contributed by atoms with Crippen LogP contribution in [0.3, 0.4) is 0 Å². The smallest absolute Gasteiger partial charge is 0.138 e. The Bertz CT molecular complexity index is 817. The number of halogens is 1. The first-order valence-corrected chi connectivity index (χ1v) is 7.35. The number of anilines is 2. The number of rotatable bonds is 3. The molecule has 5 nitrogen and oxygen atoms in total. The molecule has 110 valence electrons. The van der Waals surface area contributed by atoms with Crippen molar-refractivity contribution in [2.75, 3.05) is 11.9 Å². The first kappa shape index (κ1) is 13.2. The fourth-order valence-corrected chi connectivity index (χ4v) is 2.73. The van der Waals surface area contributed by atoms with Crippen molar-refractivity contribution in [3.63, 3.8) is 0 Å². The van der Waals surface area contributed by atoms with E-state index in [1.54, 1.807) is 11.0 Å². The summed E-state index contributed by atoms with van der Waals surface area (Å²) in [5.41, 5.74) is 3.97. The van der Waals surface area contributed by atoms with Crippen LogP contribution in [0.15, 0.2) is 49.1 Å². The maximum atomic E-state index is 6.13. The van der Waals surface area contributed by atoms with E-state index in [-0.39, 0.29) is 0 Å². The number of fused-ring (bicyclic) bond motifs is 1. The van der Waals surface area contributed by atoms with Gasteiger partial charge < -0.3 is 10.1 Å². The molecule has 0 fully saturated rings. The zero-order valence-corrected chi connectivity index (χ0v) is 12.4. The van der Waals surface area contributed by atoms with Crippen LogP contribution in [0.4, 0.5) is 11.4 Å². The Morgan fingerprint density at radius 2 is 2.14 bits per heavy atom. The summed E-state index contributed by atoms with van der Waals surface area (Å²) in [7, 11) is 0. The molecule has 0 spiro atoms. The average molecular weight is 313 g/mol. The molecule has 2 heterocycles. The largest absolute Gasteiger partial charge is 0.493 e. The minimum Gasteiger partial charge on any atom is -0.493 e. The third-order valence-corrected chi connectivity index (χ3v) is 3.83. The standard InChI is InChI=1S/C16H13ClN4O/c17-12-1-3-15(21-10-18-9-19-21)14(8-12)20-13-2-4-16-11(7-13)5-6-22-16/h1-4,7-10,20H,5-6H2. The van der Waals surface area contributed by atoms with E-state index in [9.17, 15) is 0 Å². The van der Waals surface area contributed by atoms with Gasteiger partial charge in [-0.3, -0.25) is 0 Å². The number of benzene rings is 2. The molecular formula is C16H13ClN4O. The molecule has 1 aliphatic rings. The van der Waals surface area contributed by atoms with E-state index in [2.05, 4.69) is 21.5 Å². The molecule has 1 aliphatic heterocycles. The molecule has 3 aromatic rings. The highest BCUT2D eigenvalue weighted by Crippen LogP contribution is 2.31. The summed E-state index contributed by atoms with van der Waals surface area (Å²) < 4.78 is 7.24. The zero-order valence-electron chi connectivity index (χ0n) is 11.7. The number of nitrogens with one attached hydrogen (secondary N) is 1. The Morgan fingerprint density at radius 1 is 1.18 bits per heavy atom. The predicted molar refractivity (Wildman–Crippen MR) is 85.3 cm³/mol. The summed E-state index contributed by atoms with van der Waals surface area (Å²) in [5.74, 6) is 0.966. The highest BCUT2D eigenvalue weighted by Gasteiger charge is 2.13. The van der Waals surface area contributed by atoms with Gasteiger partial charge in [0.2, 0.25) is 0 Å². The van der Waals surface area contributed by atoms with Crippen molar-refractivity contribution in [3.8, 4) is 11.4 Å². The molecule has 0 saturated heterocycles. The summed E-state index contributed by atoms with van der Waals surface area (Å²) in [6.45, 7) is 0.750. The number of hydrogen-bond donors (Lipinski definition) is 1. The molecule has 1 N–H and O–H groups in total. The van der Waals surface area contributed by atoms with Crippen LogP contribution in [0.5, 0.6) is 5.75 Å². The lowest BCUT2D eigenvalue weighted by Crippen LogP contribution is -2.01. The van der Waals surface area contributed by atoms with Crippen LogP contribution in [0, 0.1) is 0 Å². The summed E-state index contributed by atoms with van der Waals surface area (Å²) >= 11 is 6.13. The van der Waals surface area contributed by atoms with Crippen molar-refractivity contribution >= 4 is 23.0 Å². The minimum atomic E-state index is 0.663. The van der Waals surface area contributed by atoms with Gasteiger partial charge in [0, 0.05) is 17.1 Å². The molecule has 0 atom stereocenters. The second kappa shape index (κ2) is 5.35. The molecule has 0 saturated carbocycles. The molecule has 0 amide bonds. The van der Waals surface area contributed by atoms with Gasteiger partial charge in [0.25, 0.3) is 0 Å². The van der Waals surface area contributed by atoms with Crippen molar-refractivity contribution in [2.45, 2.75) is 6.42 Å². The van der Waals surface area contributed by atoms with Crippen LogP contribution in [0.2, 0.25) is 5.02 Å². The van der Waals surface area contributed by atoms with Gasteiger partial charge in [0.1, 0.15) is 18.4 Å². The molecule has 1 aromatic heterocycles. The minimum absolute atomic E-state index is 0.663. The van der Waals surface area contributed by atoms with Crippen molar-refractivity contribution in [3.05, 3.63) is 59.6 Å². The molecular weight excluding hydrogens is 300 g/mol. The second-order valence-electron chi connectivity index (χ2n) is 5.05. The van der Waals surface area contributed by atoms with Gasteiger partial charge in [0.15, 0.2) is 0 Å². The molecule has 0 unspecified atom stereocenters. The third-order valence-electron chi connectivity index (χ3n) is 3.59. The number of nitrogens with zero attached hydrogens (tertiary/aromatic N) is 3. The van der Waals surface area contributed by atoms with Crippen LogP contribution in [0.25, 0.3) is 5.69 Å². The number of ether oxygens (including phenoxy) is 1. The van der Waals surface area contributed by atoms with Crippen LogP contribution < -0.4 is 10.1 Å². The highest BCUT2D eigenvalue weighted by atomic mass is 35.5. The van der Waals surface area contributed by atoms with E-state index >= 15 is 0 Å². The quantitative estimate of drug-likeness (QED) is 0.803. The molecule has 22 heavy (non-hydrogen) atoms. The van der Waals surface area contributed by atoms with E-state index in [1.807, 2.05) is 30.3 Å². The van der Waals surface area contributed by atoms with E-state index < -0.39 is 0 Å². The lowest BCUT2D eigenvalue weighted by Gasteiger charge is -2.13. The van der Waals surface area contributed by atoms with Crippen LogP contribution in [0.1, 0.15) is 5.56 Å². The molecule has 4 rings (SSSR count). The van der Waals surface area contributed by atoms with Gasteiger partial charge in [-0.25, -0.2) is 9.67 Å². The fourth-order valence-electron chi connectivity index (χ4n) is 2.56. The number of aromatic nitrogens is 3. The summed E-state index contributed by atoms with van der Waals surface area (Å²) in [6, 6.07) is 11.7. The van der Waals surface area contributed by atoms with Crippen molar-refractivity contribution in [2.24, 2.45) is 0 Å². The lowest BCUT2D eigenvalue weighted by atomic mass is 10.1. The van der Waals surface area contributed by atoms with Crippen LogP contribution in [-0.4, -0.2) is 21.4 Å². The van der Waals surface area contributed by atoms with E-state index in [0.29, 0.717) is 5.02 Å². The van der Waals surface area contributed by atoms with Gasteiger partial charge in [-0.1, -0.05) is 11.6 Å². The van der Waals surface area contributed by atoms with Crippen molar-refractivity contribution in [1.29, 1.82) is 0 Å². The average Bonchev–Trinajstić information content (AvgIpc) is 3.18. The molecule has 6 heteroatoms. The maximum absolute atomic E-state index is 6.13. The highest BCUT2D eigenvalue weighted by molar-refractivity contribution is 6.31. The van der Waals surface area contributed by atoms with E-state index in [0.717, 1.165) is 35.8 Å².